The first-order chi connectivity index (χ1) is 11.2. The molecular weight excluding hydrogens is 333 g/mol. The summed E-state index contributed by atoms with van der Waals surface area (Å²) in [6.07, 6.45) is 4.12. The third-order valence-electron chi connectivity index (χ3n) is 3.38. The van der Waals surface area contributed by atoms with Crippen molar-refractivity contribution in [2.45, 2.75) is 13.0 Å². The smallest absolute Gasteiger partial charge is 0.137 e. The van der Waals surface area contributed by atoms with Crippen LogP contribution in [0.4, 0.5) is 4.39 Å². The van der Waals surface area contributed by atoms with E-state index in [4.69, 9.17) is 11.6 Å². The zero-order chi connectivity index (χ0) is 16.1. The Labute approximate surface area is 143 Å². The van der Waals surface area contributed by atoms with Gasteiger partial charge in [-0.15, -0.1) is 11.3 Å². The predicted octanol–water partition coefficient (Wildman–Crippen LogP) is 4.33. The van der Waals surface area contributed by atoms with Crippen LogP contribution in [-0.2, 0) is 13.0 Å². The van der Waals surface area contributed by atoms with Crippen molar-refractivity contribution in [1.29, 1.82) is 0 Å². The number of nitrogens with zero attached hydrogens (tertiary/aromatic N) is 2. The highest BCUT2D eigenvalue weighted by atomic mass is 35.5. The van der Waals surface area contributed by atoms with Crippen molar-refractivity contribution in [1.82, 2.24) is 15.3 Å². The number of rotatable bonds is 6. The van der Waals surface area contributed by atoms with E-state index in [1.165, 1.54) is 6.07 Å². The second-order valence-electron chi connectivity index (χ2n) is 4.98. The molecule has 118 valence electrons. The number of halogens is 2. The zero-order valence-corrected chi connectivity index (χ0v) is 13.9. The Balaban J connectivity index is 1.54. The van der Waals surface area contributed by atoms with E-state index in [0.29, 0.717) is 24.7 Å². The highest BCUT2D eigenvalue weighted by Gasteiger charge is 2.08. The van der Waals surface area contributed by atoms with Crippen LogP contribution in [0.25, 0.3) is 10.4 Å². The fraction of sp³-hybridized carbons (Fsp3) is 0.176. The van der Waals surface area contributed by atoms with Crippen LogP contribution in [0.3, 0.4) is 0 Å². The largest absolute Gasteiger partial charge is 0.310 e. The quantitative estimate of drug-likeness (QED) is 0.532. The number of benzene rings is 1. The van der Waals surface area contributed by atoms with Crippen LogP contribution in [0, 0.1) is 5.82 Å². The Morgan fingerprint density at radius 1 is 1.13 bits per heavy atom. The number of aromatic nitrogens is 2. The number of hydrogen-bond acceptors (Lipinski definition) is 4. The van der Waals surface area contributed by atoms with E-state index in [2.05, 4.69) is 15.3 Å². The molecule has 2 heterocycles. The van der Waals surface area contributed by atoms with Crippen LogP contribution >= 0.6 is 22.9 Å². The Morgan fingerprint density at radius 2 is 2.00 bits per heavy atom. The summed E-state index contributed by atoms with van der Waals surface area (Å²) in [4.78, 5) is 9.46. The summed E-state index contributed by atoms with van der Waals surface area (Å²) in [7, 11) is 0. The maximum atomic E-state index is 13.5. The van der Waals surface area contributed by atoms with E-state index in [1.54, 1.807) is 29.8 Å². The molecule has 1 N–H and O–H groups in total. The van der Waals surface area contributed by atoms with Gasteiger partial charge in [0.05, 0.1) is 4.88 Å². The van der Waals surface area contributed by atoms with Gasteiger partial charge < -0.3 is 5.32 Å². The SMILES string of the molecule is Fc1ccccc1CCNCc1ncc(-c2cccnc2Cl)s1. The summed E-state index contributed by atoms with van der Waals surface area (Å²) >= 11 is 7.67. The Hall–Kier alpha value is -1.82. The van der Waals surface area contributed by atoms with Crippen molar-refractivity contribution in [3.05, 3.63) is 70.3 Å². The molecule has 0 aliphatic carbocycles. The van der Waals surface area contributed by atoms with E-state index in [-0.39, 0.29) is 5.82 Å². The molecule has 0 spiro atoms. The standard InChI is InChI=1S/C17H15ClFN3S/c18-17-13(5-3-8-21-17)15-10-22-16(23-15)11-20-9-7-12-4-1-2-6-14(12)19/h1-6,8,10,20H,7,9,11H2. The third kappa shape index (κ3) is 4.13. The minimum atomic E-state index is -0.156. The van der Waals surface area contributed by atoms with E-state index >= 15 is 0 Å². The molecule has 23 heavy (non-hydrogen) atoms. The van der Waals surface area contributed by atoms with Crippen LogP contribution in [-0.4, -0.2) is 16.5 Å². The van der Waals surface area contributed by atoms with Crippen molar-refractivity contribution in [2.75, 3.05) is 6.54 Å². The number of nitrogens with one attached hydrogen (secondary N) is 1. The zero-order valence-electron chi connectivity index (χ0n) is 12.3. The lowest BCUT2D eigenvalue weighted by Crippen LogP contribution is -2.16. The van der Waals surface area contributed by atoms with Gasteiger partial charge in [-0.3, -0.25) is 0 Å². The average Bonchev–Trinajstić information content (AvgIpc) is 3.02. The van der Waals surface area contributed by atoms with Crippen molar-refractivity contribution >= 4 is 22.9 Å². The molecule has 0 bridgehead atoms. The minimum Gasteiger partial charge on any atom is -0.310 e. The molecule has 0 aliphatic rings. The van der Waals surface area contributed by atoms with Crippen molar-refractivity contribution in [2.24, 2.45) is 0 Å². The lowest BCUT2D eigenvalue weighted by atomic mass is 10.1. The van der Waals surface area contributed by atoms with Gasteiger partial charge in [0, 0.05) is 24.5 Å². The van der Waals surface area contributed by atoms with Gasteiger partial charge in [-0.25, -0.2) is 14.4 Å². The molecule has 3 rings (SSSR count). The van der Waals surface area contributed by atoms with E-state index < -0.39 is 0 Å². The van der Waals surface area contributed by atoms with Gasteiger partial charge in [-0.2, -0.15) is 0 Å². The van der Waals surface area contributed by atoms with Gasteiger partial charge in [0.25, 0.3) is 0 Å². The van der Waals surface area contributed by atoms with Crippen molar-refractivity contribution in [3.8, 4) is 10.4 Å². The number of thiazole rings is 1. The molecule has 3 nitrogen and oxygen atoms in total. The average molecular weight is 348 g/mol. The second kappa shape index (κ2) is 7.64. The Morgan fingerprint density at radius 3 is 2.83 bits per heavy atom. The van der Waals surface area contributed by atoms with Crippen LogP contribution < -0.4 is 5.32 Å². The van der Waals surface area contributed by atoms with Gasteiger partial charge in [-0.05, 0) is 36.7 Å². The van der Waals surface area contributed by atoms with Crippen LogP contribution in [0.5, 0.6) is 0 Å². The predicted molar refractivity (Wildman–Crippen MR) is 92.2 cm³/mol. The second-order valence-corrected chi connectivity index (χ2v) is 6.45. The molecule has 2 aromatic heterocycles. The fourth-order valence-corrected chi connectivity index (χ4v) is 3.40. The molecule has 1 aromatic carbocycles. The fourth-order valence-electron chi connectivity index (χ4n) is 2.21. The van der Waals surface area contributed by atoms with E-state index in [9.17, 15) is 4.39 Å². The summed E-state index contributed by atoms with van der Waals surface area (Å²) < 4.78 is 13.5. The highest BCUT2D eigenvalue weighted by molar-refractivity contribution is 7.15. The lowest BCUT2D eigenvalue weighted by Gasteiger charge is -2.04. The van der Waals surface area contributed by atoms with Gasteiger partial charge in [0.2, 0.25) is 0 Å². The first kappa shape index (κ1) is 16.1. The maximum absolute atomic E-state index is 13.5. The molecule has 0 radical (unpaired) electrons. The molecule has 3 aromatic rings. The molecule has 0 aliphatic heterocycles. The van der Waals surface area contributed by atoms with Crippen molar-refractivity contribution in [3.63, 3.8) is 0 Å². The summed E-state index contributed by atoms with van der Waals surface area (Å²) in [5, 5.41) is 4.74. The summed E-state index contributed by atoms with van der Waals surface area (Å²) in [6, 6.07) is 10.6. The highest BCUT2D eigenvalue weighted by Crippen LogP contribution is 2.30. The van der Waals surface area contributed by atoms with Crippen molar-refractivity contribution < 1.29 is 4.39 Å². The molecule has 0 fully saturated rings. The number of pyridine rings is 1. The normalized spacial score (nSPS) is 10.9. The molecule has 0 saturated carbocycles. The molecule has 0 amide bonds. The monoisotopic (exact) mass is 347 g/mol. The summed E-state index contributed by atoms with van der Waals surface area (Å²) in [5.74, 6) is -0.156. The number of hydrogen-bond donors (Lipinski definition) is 1. The van der Waals surface area contributed by atoms with Gasteiger partial charge in [0.1, 0.15) is 16.0 Å². The lowest BCUT2D eigenvalue weighted by molar-refractivity contribution is 0.597. The van der Waals surface area contributed by atoms with Crippen LogP contribution in [0.2, 0.25) is 5.15 Å². The van der Waals surface area contributed by atoms with E-state index in [0.717, 1.165) is 21.0 Å². The van der Waals surface area contributed by atoms with Gasteiger partial charge >= 0.3 is 0 Å². The third-order valence-corrected chi connectivity index (χ3v) is 4.72. The molecule has 0 atom stereocenters. The Bertz CT molecular complexity index is 791. The Kier molecular flexibility index (Phi) is 5.33. The first-order valence-corrected chi connectivity index (χ1v) is 8.43. The summed E-state index contributed by atoms with van der Waals surface area (Å²) in [6.45, 7) is 1.35. The molecule has 0 unspecified atom stereocenters. The minimum absolute atomic E-state index is 0.156. The molecule has 0 saturated heterocycles. The maximum Gasteiger partial charge on any atom is 0.137 e. The molecule has 6 heteroatoms. The topological polar surface area (TPSA) is 37.8 Å². The van der Waals surface area contributed by atoms with Gasteiger partial charge in [-0.1, -0.05) is 29.8 Å². The van der Waals surface area contributed by atoms with E-state index in [1.807, 2.05) is 24.3 Å². The van der Waals surface area contributed by atoms with Gasteiger partial charge in [0.15, 0.2) is 0 Å². The van der Waals surface area contributed by atoms with Crippen LogP contribution in [0.1, 0.15) is 10.6 Å². The molecular formula is C17H15ClFN3S. The summed E-state index contributed by atoms with van der Waals surface area (Å²) in [5.41, 5.74) is 1.62. The van der Waals surface area contributed by atoms with Crippen LogP contribution in [0.15, 0.2) is 48.8 Å². The first-order valence-electron chi connectivity index (χ1n) is 7.24.